The Morgan fingerprint density at radius 2 is 1.83 bits per heavy atom. The van der Waals surface area contributed by atoms with Crippen molar-refractivity contribution < 1.29 is 9.53 Å². The van der Waals surface area contributed by atoms with Crippen molar-refractivity contribution in [3.8, 4) is 11.8 Å². The second-order valence-electron chi connectivity index (χ2n) is 9.20. The minimum atomic E-state index is -0.251. The van der Waals surface area contributed by atoms with Crippen molar-refractivity contribution in [3.63, 3.8) is 0 Å². The molecule has 0 bridgehead atoms. The molecule has 36 heavy (non-hydrogen) atoms. The van der Waals surface area contributed by atoms with Gasteiger partial charge in [0.25, 0.3) is 5.91 Å². The third-order valence-electron chi connectivity index (χ3n) is 7.07. The van der Waals surface area contributed by atoms with Gasteiger partial charge < -0.3 is 15.0 Å². The van der Waals surface area contributed by atoms with Crippen LogP contribution < -0.4 is 10.2 Å². The van der Waals surface area contributed by atoms with Crippen molar-refractivity contribution in [3.05, 3.63) is 70.0 Å². The molecular formula is C27H29BrN6O2. The largest absolute Gasteiger partial charge is 0.379 e. The summed E-state index contributed by atoms with van der Waals surface area (Å²) in [6, 6.07) is 16.2. The highest BCUT2D eigenvalue weighted by atomic mass is 79.9. The van der Waals surface area contributed by atoms with Crippen LogP contribution in [0.15, 0.2) is 53.1 Å². The van der Waals surface area contributed by atoms with Crippen LogP contribution in [0.5, 0.6) is 0 Å². The summed E-state index contributed by atoms with van der Waals surface area (Å²) < 4.78 is 8.21. The molecule has 0 radical (unpaired) electrons. The number of halogens is 1. The van der Waals surface area contributed by atoms with E-state index in [1.54, 1.807) is 16.9 Å². The number of carbonyl (C=O) groups excluding carboxylic acids is 1. The molecule has 0 spiro atoms. The molecule has 2 aromatic carbocycles. The number of rotatable bonds is 5. The van der Waals surface area contributed by atoms with Gasteiger partial charge in [-0.25, -0.2) is 4.68 Å². The molecular weight excluding hydrogens is 520 g/mol. The Morgan fingerprint density at radius 3 is 2.53 bits per heavy atom. The van der Waals surface area contributed by atoms with E-state index in [4.69, 9.17) is 4.74 Å². The number of hydrogen-bond donors (Lipinski definition) is 1. The fraction of sp³-hybridized carbons (Fsp3) is 0.370. The number of nitrogens with zero attached hydrogens (tertiary/aromatic N) is 5. The molecule has 0 aliphatic carbocycles. The van der Waals surface area contributed by atoms with E-state index in [1.807, 2.05) is 43.3 Å². The Bertz CT molecular complexity index is 1270. The molecule has 9 heteroatoms. The normalized spacial score (nSPS) is 17.1. The molecule has 2 aliphatic heterocycles. The summed E-state index contributed by atoms with van der Waals surface area (Å²) in [5.74, 6) is -0.251. The molecule has 3 aromatic rings. The molecule has 0 saturated carbocycles. The number of aromatic nitrogens is 2. The van der Waals surface area contributed by atoms with Gasteiger partial charge in [-0.2, -0.15) is 10.4 Å². The molecule has 2 aliphatic rings. The number of nitriles is 1. The molecule has 1 N–H and O–H groups in total. The molecule has 5 rings (SSSR count). The summed E-state index contributed by atoms with van der Waals surface area (Å²) >= 11 is 3.44. The van der Waals surface area contributed by atoms with Crippen molar-refractivity contribution in [1.82, 2.24) is 14.7 Å². The third-order valence-corrected chi connectivity index (χ3v) is 7.60. The third kappa shape index (κ3) is 5.16. The standard InChI is InChI=1S/C27H29BrN6O2/c1-19-25(18-30-34(19)24-5-2-21(28)3-6-24)27(35)31-22-4-7-26(20(16-22)17-29)33-10-8-23(9-11-33)32-12-14-36-15-13-32/h2-7,16,18,23H,8-15H2,1H3,(H,31,35). The minimum absolute atomic E-state index is 0.251. The lowest BCUT2D eigenvalue weighted by atomic mass is 10.0. The first-order chi connectivity index (χ1) is 17.5. The maximum Gasteiger partial charge on any atom is 0.259 e. The van der Waals surface area contributed by atoms with Crippen molar-refractivity contribution in [2.24, 2.45) is 0 Å². The van der Waals surface area contributed by atoms with E-state index in [0.717, 1.165) is 73.8 Å². The van der Waals surface area contributed by atoms with Gasteiger partial charge >= 0.3 is 0 Å². The second-order valence-corrected chi connectivity index (χ2v) is 10.1. The van der Waals surface area contributed by atoms with Gasteiger partial charge in [0, 0.05) is 42.4 Å². The van der Waals surface area contributed by atoms with Gasteiger partial charge in [-0.3, -0.25) is 9.69 Å². The number of nitrogens with one attached hydrogen (secondary N) is 1. The molecule has 2 fully saturated rings. The van der Waals surface area contributed by atoms with Crippen molar-refractivity contribution in [2.75, 3.05) is 49.6 Å². The van der Waals surface area contributed by atoms with Crippen LogP contribution in [0.2, 0.25) is 0 Å². The number of hydrogen-bond acceptors (Lipinski definition) is 6. The van der Waals surface area contributed by atoms with Gasteiger partial charge in [0.15, 0.2) is 0 Å². The highest BCUT2D eigenvalue weighted by Crippen LogP contribution is 2.28. The highest BCUT2D eigenvalue weighted by Gasteiger charge is 2.27. The molecule has 8 nitrogen and oxygen atoms in total. The highest BCUT2D eigenvalue weighted by molar-refractivity contribution is 9.10. The maximum absolute atomic E-state index is 13.0. The van der Waals surface area contributed by atoms with E-state index in [9.17, 15) is 10.1 Å². The Kier molecular flexibility index (Phi) is 7.37. The average Bonchev–Trinajstić information content (AvgIpc) is 3.31. The van der Waals surface area contributed by atoms with Crippen LogP contribution in [0.4, 0.5) is 11.4 Å². The topological polar surface area (TPSA) is 86.4 Å². The van der Waals surface area contributed by atoms with Gasteiger partial charge in [-0.15, -0.1) is 0 Å². The molecule has 1 aromatic heterocycles. The van der Waals surface area contributed by atoms with E-state index >= 15 is 0 Å². The van der Waals surface area contributed by atoms with Gasteiger partial charge in [-0.1, -0.05) is 15.9 Å². The summed E-state index contributed by atoms with van der Waals surface area (Å²) in [5.41, 5.74) is 4.21. The van der Waals surface area contributed by atoms with Crippen LogP contribution >= 0.6 is 15.9 Å². The lowest BCUT2D eigenvalue weighted by Crippen LogP contribution is -2.49. The van der Waals surface area contributed by atoms with E-state index in [1.165, 1.54) is 0 Å². The lowest BCUT2D eigenvalue weighted by molar-refractivity contribution is 0.0115. The zero-order valence-electron chi connectivity index (χ0n) is 20.3. The van der Waals surface area contributed by atoms with E-state index in [-0.39, 0.29) is 5.91 Å². The number of anilines is 2. The van der Waals surface area contributed by atoms with Crippen LogP contribution in [-0.4, -0.2) is 66.0 Å². The van der Waals surface area contributed by atoms with Crippen molar-refractivity contribution in [2.45, 2.75) is 25.8 Å². The minimum Gasteiger partial charge on any atom is -0.379 e. The summed E-state index contributed by atoms with van der Waals surface area (Å²) in [6.07, 6.45) is 3.72. The number of amides is 1. The predicted octanol–water partition coefficient (Wildman–Crippen LogP) is 4.37. The van der Waals surface area contributed by atoms with Gasteiger partial charge in [0.1, 0.15) is 6.07 Å². The van der Waals surface area contributed by atoms with Gasteiger partial charge in [-0.05, 0) is 62.2 Å². The Labute approximate surface area is 219 Å². The molecule has 0 unspecified atom stereocenters. The first-order valence-corrected chi connectivity index (χ1v) is 13.1. The summed E-state index contributed by atoms with van der Waals surface area (Å²) in [4.78, 5) is 17.8. The molecule has 0 atom stereocenters. The molecule has 3 heterocycles. The first kappa shape index (κ1) is 24.5. The maximum atomic E-state index is 13.0. The predicted molar refractivity (Wildman–Crippen MR) is 143 cm³/mol. The lowest BCUT2D eigenvalue weighted by Gasteiger charge is -2.41. The van der Waals surface area contributed by atoms with E-state index in [2.05, 4.69) is 42.2 Å². The fourth-order valence-corrected chi connectivity index (χ4v) is 5.33. The Morgan fingerprint density at radius 1 is 1.11 bits per heavy atom. The SMILES string of the molecule is Cc1c(C(=O)Nc2ccc(N3CCC(N4CCOCC4)CC3)c(C#N)c2)cnn1-c1ccc(Br)cc1. The number of benzene rings is 2. The van der Waals surface area contributed by atoms with E-state index in [0.29, 0.717) is 22.9 Å². The quantitative estimate of drug-likeness (QED) is 0.509. The summed E-state index contributed by atoms with van der Waals surface area (Å²) in [5, 5.41) is 17.2. The van der Waals surface area contributed by atoms with Crippen LogP contribution in [-0.2, 0) is 4.74 Å². The van der Waals surface area contributed by atoms with E-state index < -0.39 is 0 Å². The van der Waals surface area contributed by atoms with Crippen molar-refractivity contribution >= 4 is 33.2 Å². The summed E-state index contributed by atoms with van der Waals surface area (Å²) in [7, 11) is 0. The van der Waals surface area contributed by atoms with Gasteiger partial charge in [0.05, 0.1) is 47.6 Å². The zero-order chi connectivity index (χ0) is 25.1. The number of ether oxygens (including phenoxy) is 1. The molecule has 2 saturated heterocycles. The summed E-state index contributed by atoms with van der Waals surface area (Å²) in [6.45, 7) is 7.34. The van der Waals surface area contributed by atoms with Crippen LogP contribution in [0.1, 0.15) is 34.5 Å². The monoisotopic (exact) mass is 548 g/mol. The zero-order valence-corrected chi connectivity index (χ0v) is 21.9. The first-order valence-electron chi connectivity index (χ1n) is 12.3. The Hall–Kier alpha value is -3.19. The second kappa shape index (κ2) is 10.8. The number of piperidine rings is 1. The van der Waals surface area contributed by atoms with Crippen LogP contribution in [0, 0.1) is 18.3 Å². The smallest absolute Gasteiger partial charge is 0.259 e. The average molecular weight is 549 g/mol. The number of morpholine rings is 1. The van der Waals surface area contributed by atoms with Crippen LogP contribution in [0.3, 0.4) is 0 Å². The Balaban J connectivity index is 1.26. The van der Waals surface area contributed by atoms with Crippen LogP contribution in [0.25, 0.3) is 5.69 Å². The number of carbonyl (C=O) groups is 1. The van der Waals surface area contributed by atoms with Gasteiger partial charge in [0.2, 0.25) is 0 Å². The molecule has 186 valence electrons. The molecule has 1 amide bonds. The van der Waals surface area contributed by atoms with Crippen molar-refractivity contribution in [1.29, 1.82) is 5.26 Å². The fourth-order valence-electron chi connectivity index (χ4n) is 5.07.